The number of carbonyl (C=O) groups is 1. The van der Waals surface area contributed by atoms with E-state index in [0.717, 1.165) is 48.3 Å². The number of likely N-dealkylation sites (N-methyl/N-ethyl adjacent to an activating group) is 1. The molecule has 1 saturated heterocycles. The maximum Gasteiger partial charge on any atom is 0.268 e. The maximum atomic E-state index is 13.0. The van der Waals surface area contributed by atoms with Crippen LogP contribution in [0.25, 0.3) is 11.3 Å². The second kappa shape index (κ2) is 7.90. The first-order chi connectivity index (χ1) is 13.2. The Morgan fingerprint density at radius 2 is 1.59 bits per heavy atom. The quantitative estimate of drug-likeness (QED) is 0.750. The molecule has 0 radical (unpaired) electrons. The van der Waals surface area contributed by atoms with Crippen molar-refractivity contribution in [3.63, 3.8) is 0 Å². The molecule has 27 heavy (non-hydrogen) atoms. The molecule has 138 valence electrons. The van der Waals surface area contributed by atoms with Gasteiger partial charge in [-0.3, -0.25) is 4.79 Å². The van der Waals surface area contributed by atoms with Gasteiger partial charge < -0.3 is 15.1 Å². The second-order valence-electron chi connectivity index (χ2n) is 6.65. The topological polar surface area (TPSA) is 48.5 Å². The fraction of sp³-hybridized carbons (Fsp3) is 0.238. The van der Waals surface area contributed by atoms with E-state index in [1.807, 2.05) is 60.7 Å². The van der Waals surface area contributed by atoms with E-state index >= 15 is 0 Å². The Hall–Kier alpha value is -2.70. The number of rotatable bonds is 4. The third-order valence-corrected chi connectivity index (χ3v) is 5.79. The molecule has 6 heteroatoms. The number of carbonyl (C=O) groups excluding carboxylic acids is 1. The summed E-state index contributed by atoms with van der Waals surface area (Å²) in [6.45, 7) is 3.87. The molecular weight excluding hydrogens is 356 g/mol. The van der Waals surface area contributed by atoms with E-state index < -0.39 is 0 Å². The number of aromatic nitrogens is 1. The molecule has 4 rings (SSSR count). The van der Waals surface area contributed by atoms with Crippen LogP contribution in [0, 0.1) is 0 Å². The molecule has 1 N–H and O–H groups in total. The molecule has 1 aliphatic rings. The summed E-state index contributed by atoms with van der Waals surface area (Å²) in [6, 6.07) is 19.5. The molecular formula is C21H22N4OS. The highest BCUT2D eigenvalue weighted by atomic mass is 32.1. The number of amides is 1. The SMILES string of the molecule is CN1CCN(c2nc(-c3ccccc3)c(C(=O)Nc3ccccc3)s2)CC1. The molecule has 1 aromatic heterocycles. The average molecular weight is 379 g/mol. The van der Waals surface area contributed by atoms with Crippen molar-refractivity contribution in [3.8, 4) is 11.3 Å². The van der Waals surface area contributed by atoms with Gasteiger partial charge >= 0.3 is 0 Å². The van der Waals surface area contributed by atoms with Crippen molar-refractivity contribution in [2.24, 2.45) is 0 Å². The van der Waals surface area contributed by atoms with Gasteiger partial charge in [0.15, 0.2) is 5.13 Å². The number of para-hydroxylation sites is 1. The van der Waals surface area contributed by atoms with Gasteiger partial charge in [-0.05, 0) is 19.2 Å². The average Bonchev–Trinajstić information content (AvgIpc) is 3.16. The van der Waals surface area contributed by atoms with E-state index in [4.69, 9.17) is 4.98 Å². The predicted octanol–water partition coefficient (Wildman–Crippen LogP) is 3.81. The highest BCUT2D eigenvalue weighted by Gasteiger charge is 2.24. The molecule has 0 aliphatic carbocycles. The first-order valence-electron chi connectivity index (χ1n) is 9.07. The van der Waals surface area contributed by atoms with Crippen LogP contribution in [0.15, 0.2) is 60.7 Å². The third kappa shape index (κ3) is 4.02. The van der Waals surface area contributed by atoms with Crippen molar-refractivity contribution in [3.05, 3.63) is 65.5 Å². The lowest BCUT2D eigenvalue weighted by Gasteiger charge is -2.32. The molecule has 0 unspecified atom stereocenters. The molecule has 0 atom stereocenters. The number of benzene rings is 2. The lowest BCUT2D eigenvalue weighted by Crippen LogP contribution is -2.44. The Balaban J connectivity index is 1.67. The zero-order chi connectivity index (χ0) is 18.6. The number of thiazole rings is 1. The lowest BCUT2D eigenvalue weighted by molar-refractivity contribution is 0.103. The summed E-state index contributed by atoms with van der Waals surface area (Å²) in [6.07, 6.45) is 0. The molecule has 0 spiro atoms. The number of hydrogen-bond acceptors (Lipinski definition) is 5. The Kier molecular flexibility index (Phi) is 5.18. The molecule has 0 saturated carbocycles. The van der Waals surface area contributed by atoms with Crippen LogP contribution in [0.3, 0.4) is 0 Å². The number of nitrogens with zero attached hydrogens (tertiary/aromatic N) is 3. The van der Waals surface area contributed by atoms with E-state index in [-0.39, 0.29) is 5.91 Å². The standard InChI is InChI=1S/C21H22N4OS/c1-24-12-14-25(15-13-24)21-23-18(16-8-4-2-5-9-16)19(27-21)20(26)22-17-10-6-3-7-11-17/h2-11H,12-15H2,1H3,(H,22,26). The van der Waals surface area contributed by atoms with Crippen LogP contribution in [-0.4, -0.2) is 49.0 Å². The van der Waals surface area contributed by atoms with Gasteiger partial charge in [-0.15, -0.1) is 0 Å². The number of piperazine rings is 1. The number of anilines is 2. The van der Waals surface area contributed by atoms with Crippen LogP contribution in [0.5, 0.6) is 0 Å². The van der Waals surface area contributed by atoms with Gasteiger partial charge in [0, 0.05) is 37.4 Å². The number of hydrogen-bond donors (Lipinski definition) is 1. The van der Waals surface area contributed by atoms with E-state index in [0.29, 0.717) is 4.88 Å². The summed E-state index contributed by atoms with van der Waals surface area (Å²) >= 11 is 1.47. The lowest BCUT2D eigenvalue weighted by atomic mass is 10.1. The predicted molar refractivity (Wildman–Crippen MR) is 112 cm³/mol. The monoisotopic (exact) mass is 378 g/mol. The van der Waals surface area contributed by atoms with Crippen LogP contribution in [0.4, 0.5) is 10.8 Å². The van der Waals surface area contributed by atoms with E-state index in [2.05, 4.69) is 22.2 Å². The Morgan fingerprint density at radius 1 is 0.963 bits per heavy atom. The minimum absolute atomic E-state index is 0.113. The molecule has 3 aromatic rings. The fourth-order valence-corrected chi connectivity index (χ4v) is 4.13. The zero-order valence-electron chi connectivity index (χ0n) is 15.3. The van der Waals surface area contributed by atoms with Crippen molar-refractivity contribution in [1.82, 2.24) is 9.88 Å². The van der Waals surface area contributed by atoms with E-state index in [1.165, 1.54) is 11.3 Å². The van der Waals surface area contributed by atoms with Crippen LogP contribution in [-0.2, 0) is 0 Å². The molecule has 2 heterocycles. The minimum Gasteiger partial charge on any atom is -0.345 e. The highest BCUT2D eigenvalue weighted by Crippen LogP contribution is 2.34. The summed E-state index contributed by atoms with van der Waals surface area (Å²) in [5.74, 6) is -0.113. The fourth-order valence-electron chi connectivity index (χ4n) is 3.10. The first kappa shape index (κ1) is 17.7. The molecule has 0 bridgehead atoms. The summed E-state index contributed by atoms with van der Waals surface area (Å²) in [4.78, 5) is 23.1. The van der Waals surface area contributed by atoms with Crippen molar-refractivity contribution in [2.75, 3.05) is 43.4 Å². The van der Waals surface area contributed by atoms with Crippen LogP contribution in [0.2, 0.25) is 0 Å². The van der Waals surface area contributed by atoms with Crippen molar-refractivity contribution >= 4 is 28.1 Å². The Morgan fingerprint density at radius 3 is 2.26 bits per heavy atom. The van der Waals surface area contributed by atoms with Gasteiger partial charge in [0.2, 0.25) is 0 Å². The van der Waals surface area contributed by atoms with Gasteiger partial charge in [-0.2, -0.15) is 0 Å². The van der Waals surface area contributed by atoms with Crippen molar-refractivity contribution < 1.29 is 4.79 Å². The molecule has 5 nitrogen and oxygen atoms in total. The van der Waals surface area contributed by atoms with Gasteiger partial charge in [0.25, 0.3) is 5.91 Å². The van der Waals surface area contributed by atoms with E-state index in [1.54, 1.807) is 0 Å². The molecule has 1 fully saturated rings. The first-order valence-corrected chi connectivity index (χ1v) is 9.88. The Labute approximate surface area is 163 Å². The highest BCUT2D eigenvalue weighted by molar-refractivity contribution is 7.18. The zero-order valence-corrected chi connectivity index (χ0v) is 16.1. The van der Waals surface area contributed by atoms with E-state index in [9.17, 15) is 4.79 Å². The van der Waals surface area contributed by atoms with Crippen LogP contribution >= 0.6 is 11.3 Å². The van der Waals surface area contributed by atoms with Gasteiger partial charge in [0.1, 0.15) is 4.88 Å². The van der Waals surface area contributed by atoms with Crippen LogP contribution < -0.4 is 10.2 Å². The molecule has 1 aliphatic heterocycles. The summed E-state index contributed by atoms with van der Waals surface area (Å²) in [7, 11) is 2.13. The summed E-state index contributed by atoms with van der Waals surface area (Å²) in [5.41, 5.74) is 2.51. The summed E-state index contributed by atoms with van der Waals surface area (Å²) < 4.78 is 0. The van der Waals surface area contributed by atoms with Gasteiger partial charge in [-0.1, -0.05) is 59.9 Å². The van der Waals surface area contributed by atoms with Crippen LogP contribution in [0.1, 0.15) is 9.67 Å². The number of nitrogens with one attached hydrogen (secondary N) is 1. The third-order valence-electron chi connectivity index (χ3n) is 4.67. The van der Waals surface area contributed by atoms with Crippen molar-refractivity contribution in [2.45, 2.75) is 0 Å². The maximum absolute atomic E-state index is 13.0. The summed E-state index contributed by atoms with van der Waals surface area (Å²) in [5, 5.41) is 3.91. The largest absolute Gasteiger partial charge is 0.345 e. The second-order valence-corrected chi connectivity index (χ2v) is 7.63. The Bertz CT molecular complexity index is 902. The van der Waals surface area contributed by atoms with Gasteiger partial charge in [-0.25, -0.2) is 4.98 Å². The van der Waals surface area contributed by atoms with Gasteiger partial charge in [0.05, 0.1) is 5.69 Å². The smallest absolute Gasteiger partial charge is 0.268 e. The molecule has 2 aromatic carbocycles. The van der Waals surface area contributed by atoms with Crippen molar-refractivity contribution in [1.29, 1.82) is 0 Å². The normalized spacial score (nSPS) is 14.9. The molecule has 1 amide bonds. The minimum atomic E-state index is -0.113.